The van der Waals surface area contributed by atoms with E-state index in [1.807, 2.05) is 17.5 Å². The lowest BCUT2D eigenvalue weighted by Gasteiger charge is -2.15. The van der Waals surface area contributed by atoms with Crippen molar-refractivity contribution in [2.45, 2.75) is 11.8 Å². The van der Waals surface area contributed by atoms with Crippen molar-refractivity contribution >= 4 is 29.0 Å². The number of carbonyl (C=O) groups is 1. The Morgan fingerprint density at radius 1 is 1.30 bits per heavy atom. The van der Waals surface area contributed by atoms with Crippen molar-refractivity contribution in [3.05, 3.63) is 46.9 Å². The summed E-state index contributed by atoms with van der Waals surface area (Å²) in [7, 11) is 1.79. The highest BCUT2D eigenvalue weighted by Gasteiger charge is 2.14. The fraction of sp³-hybridized carbons (Fsp3) is 0.200. The van der Waals surface area contributed by atoms with E-state index in [-0.39, 0.29) is 11.7 Å². The summed E-state index contributed by atoms with van der Waals surface area (Å²) >= 11 is 2.88. The molecule has 0 atom stereocenters. The zero-order chi connectivity index (χ0) is 16.1. The highest BCUT2D eigenvalue weighted by Crippen LogP contribution is 2.23. The van der Waals surface area contributed by atoms with Crippen molar-refractivity contribution in [2.24, 2.45) is 0 Å². The number of carbonyl (C=O) groups excluding carboxylic acids is 1. The molecule has 0 fully saturated rings. The van der Waals surface area contributed by atoms with Gasteiger partial charge in [0.1, 0.15) is 0 Å². The number of amides is 1. The molecule has 3 heterocycles. The molecule has 0 saturated carbocycles. The molecule has 0 bridgehead atoms. The van der Waals surface area contributed by atoms with Crippen LogP contribution in [0.25, 0.3) is 11.5 Å². The molecule has 0 radical (unpaired) electrons. The van der Waals surface area contributed by atoms with Gasteiger partial charge in [-0.05, 0) is 23.6 Å². The van der Waals surface area contributed by atoms with Crippen molar-refractivity contribution in [1.82, 2.24) is 20.1 Å². The first-order chi connectivity index (χ1) is 11.2. The van der Waals surface area contributed by atoms with Crippen LogP contribution in [-0.2, 0) is 11.3 Å². The molecule has 0 unspecified atom stereocenters. The molecule has 0 aliphatic carbocycles. The minimum atomic E-state index is 0.0204. The van der Waals surface area contributed by atoms with E-state index in [1.54, 1.807) is 47.8 Å². The average Bonchev–Trinajstić information content (AvgIpc) is 3.25. The molecule has 3 aromatic heterocycles. The number of hydrogen-bond acceptors (Lipinski definition) is 7. The topological polar surface area (TPSA) is 72.1 Å². The quantitative estimate of drug-likeness (QED) is 0.639. The zero-order valence-corrected chi connectivity index (χ0v) is 14.0. The van der Waals surface area contributed by atoms with Gasteiger partial charge in [0, 0.05) is 29.9 Å². The number of rotatable bonds is 6. The van der Waals surface area contributed by atoms with Crippen LogP contribution in [0.2, 0.25) is 0 Å². The molecule has 0 spiro atoms. The third kappa shape index (κ3) is 4.17. The fourth-order valence-corrected chi connectivity index (χ4v) is 3.30. The van der Waals surface area contributed by atoms with E-state index >= 15 is 0 Å². The molecule has 118 valence electrons. The number of pyridine rings is 1. The Morgan fingerprint density at radius 2 is 2.13 bits per heavy atom. The molecule has 3 aromatic rings. The third-order valence-corrected chi connectivity index (χ3v) is 4.72. The lowest BCUT2D eigenvalue weighted by molar-refractivity contribution is -0.127. The van der Waals surface area contributed by atoms with Crippen LogP contribution in [0.3, 0.4) is 0 Å². The second kappa shape index (κ2) is 7.38. The minimum absolute atomic E-state index is 0.0204. The molecule has 0 saturated heterocycles. The molecule has 6 nitrogen and oxygen atoms in total. The van der Waals surface area contributed by atoms with Gasteiger partial charge in [-0.1, -0.05) is 17.8 Å². The monoisotopic (exact) mass is 346 g/mol. The van der Waals surface area contributed by atoms with Crippen molar-refractivity contribution in [3.63, 3.8) is 0 Å². The molecular formula is C15H14N4O2S2. The number of aromatic nitrogens is 3. The van der Waals surface area contributed by atoms with E-state index in [1.165, 1.54) is 11.8 Å². The summed E-state index contributed by atoms with van der Waals surface area (Å²) < 4.78 is 5.55. The van der Waals surface area contributed by atoms with Crippen molar-refractivity contribution in [3.8, 4) is 11.5 Å². The van der Waals surface area contributed by atoms with Gasteiger partial charge in [0.05, 0.1) is 12.3 Å². The lowest BCUT2D eigenvalue weighted by Crippen LogP contribution is -2.27. The second-order valence-electron chi connectivity index (χ2n) is 4.73. The first-order valence-electron chi connectivity index (χ1n) is 6.85. The van der Waals surface area contributed by atoms with Gasteiger partial charge in [0.25, 0.3) is 5.22 Å². The second-order valence-corrected chi connectivity index (χ2v) is 6.69. The molecule has 0 N–H and O–H groups in total. The summed E-state index contributed by atoms with van der Waals surface area (Å²) in [4.78, 5) is 18.9. The van der Waals surface area contributed by atoms with E-state index in [2.05, 4.69) is 15.2 Å². The van der Waals surface area contributed by atoms with Crippen LogP contribution in [0, 0.1) is 0 Å². The zero-order valence-electron chi connectivity index (χ0n) is 12.4. The Balaban J connectivity index is 1.54. The lowest BCUT2D eigenvalue weighted by atomic mass is 10.3. The number of nitrogens with zero attached hydrogens (tertiary/aromatic N) is 4. The first-order valence-corrected chi connectivity index (χ1v) is 8.72. The van der Waals surface area contributed by atoms with E-state index in [9.17, 15) is 4.79 Å². The maximum absolute atomic E-state index is 12.1. The van der Waals surface area contributed by atoms with Gasteiger partial charge < -0.3 is 9.32 Å². The van der Waals surface area contributed by atoms with Gasteiger partial charge in [0.2, 0.25) is 11.8 Å². The fourth-order valence-electron chi connectivity index (χ4n) is 1.84. The van der Waals surface area contributed by atoms with E-state index in [0.717, 1.165) is 10.4 Å². The minimum Gasteiger partial charge on any atom is -0.411 e. The van der Waals surface area contributed by atoms with Gasteiger partial charge in [0.15, 0.2) is 0 Å². The number of hydrogen-bond donors (Lipinski definition) is 0. The van der Waals surface area contributed by atoms with Crippen molar-refractivity contribution in [1.29, 1.82) is 0 Å². The van der Waals surface area contributed by atoms with Crippen LogP contribution >= 0.6 is 23.1 Å². The summed E-state index contributed by atoms with van der Waals surface area (Å²) in [5.41, 5.74) is 0.806. The maximum atomic E-state index is 12.1. The summed E-state index contributed by atoms with van der Waals surface area (Å²) in [5.74, 6) is 0.709. The predicted octanol–water partition coefficient (Wildman–Crippen LogP) is 2.94. The van der Waals surface area contributed by atoms with Gasteiger partial charge in [-0.2, -0.15) is 0 Å². The largest absolute Gasteiger partial charge is 0.411 e. The van der Waals surface area contributed by atoms with Crippen LogP contribution in [0.15, 0.2) is 51.7 Å². The molecule has 1 amide bonds. The highest BCUT2D eigenvalue weighted by atomic mass is 32.2. The standard InChI is InChI=1S/C15H14N4O2S2/c1-19(9-12-3-2-8-22-12)13(20)10-23-15-18-17-14(21-15)11-4-6-16-7-5-11/h2-8H,9-10H2,1H3. The van der Waals surface area contributed by atoms with Crippen LogP contribution < -0.4 is 0 Å². The summed E-state index contributed by atoms with van der Waals surface area (Å²) in [6.45, 7) is 0.614. The van der Waals surface area contributed by atoms with Crippen LogP contribution in [0.4, 0.5) is 0 Å². The Hall–Kier alpha value is -2.19. The van der Waals surface area contributed by atoms with Gasteiger partial charge in [-0.15, -0.1) is 21.5 Å². The molecule has 0 aliphatic heterocycles. The summed E-state index contributed by atoms with van der Waals surface area (Å²) in [6, 6.07) is 7.58. The Labute approximate surface area is 141 Å². The number of thioether (sulfide) groups is 1. The molecule has 23 heavy (non-hydrogen) atoms. The van der Waals surface area contributed by atoms with Crippen LogP contribution in [-0.4, -0.2) is 38.8 Å². The Morgan fingerprint density at radius 3 is 2.87 bits per heavy atom. The summed E-state index contributed by atoms with van der Waals surface area (Å²) in [6.07, 6.45) is 3.32. The van der Waals surface area contributed by atoms with Gasteiger partial charge in [-0.3, -0.25) is 9.78 Å². The molecular weight excluding hydrogens is 332 g/mol. The van der Waals surface area contributed by atoms with Crippen molar-refractivity contribution < 1.29 is 9.21 Å². The predicted molar refractivity (Wildman–Crippen MR) is 89.0 cm³/mol. The number of thiophene rings is 1. The molecule has 0 aliphatic rings. The van der Waals surface area contributed by atoms with Crippen LogP contribution in [0.5, 0.6) is 0 Å². The van der Waals surface area contributed by atoms with E-state index in [4.69, 9.17) is 4.42 Å². The SMILES string of the molecule is CN(Cc1cccs1)C(=O)CSc1nnc(-c2ccncc2)o1. The molecule has 8 heteroatoms. The Kier molecular flexibility index (Phi) is 5.04. The Bertz CT molecular complexity index is 759. The van der Waals surface area contributed by atoms with Gasteiger partial charge in [-0.25, -0.2) is 0 Å². The average molecular weight is 346 g/mol. The van der Waals surface area contributed by atoms with E-state index < -0.39 is 0 Å². The smallest absolute Gasteiger partial charge is 0.277 e. The van der Waals surface area contributed by atoms with E-state index in [0.29, 0.717) is 17.7 Å². The normalized spacial score (nSPS) is 10.7. The maximum Gasteiger partial charge on any atom is 0.277 e. The molecule has 3 rings (SSSR count). The summed E-state index contributed by atoms with van der Waals surface area (Å²) in [5, 5.41) is 10.3. The van der Waals surface area contributed by atoms with Crippen LogP contribution in [0.1, 0.15) is 4.88 Å². The third-order valence-electron chi connectivity index (χ3n) is 3.05. The van der Waals surface area contributed by atoms with Crippen molar-refractivity contribution in [2.75, 3.05) is 12.8 Å². The first kappa shape index (κ1) is 15.7. The van der Waals surface area contributed by atoms with Gasteiger partial charge >= 0.3 is 0 Å². The molecule has 0 aromatic carbocycles. The highest BCUT2D eigenvalue weighted by molar-refractivity contribution is 7.99.